The molecule has 4 aromatic carbocycles. The van der Waals surface area contributed by atoms with Gasteiger partial charge < -0.3 is 14.2 Å². The van der Waals surface area contributed by atoms with E-state index in [9.17, 15) is 26.3 Å². The summed E-state index contributed by atoms with van der Waals surface area (Å²) in [5.41, 5.74) is -2.93. The van der Waals surface area contributed by atoms with Crippen LogP contribution in [0.25, 0.3) is 28.3 Å². The van der Waals surface area contributed by atoms with E-state index in [-0.39, 0.29) is 45.9 Å². The molecular weight excluding hydrogens is 682 g/mol. The van der Waals surface area contributed by atoms with Gasteiger partial charge in [0.2, 0.25) is 0 Å². The van der Waals surface area contributed by atoms with Crippen LogP contribution in [0, 0.1) is 35.0 Å². The van der Waals surface area contributed by atoms with Crippen LogP contribution in [0.15, 0.2) is 72.8 Å². The van der Waals surface area contributed by atoms with Crippen LogP contribution in [0.3, 0.4) is 0 Å². The minimum Gasteiger partial charge on any atom is -0.429 e. The highest BCUT2D eigenvalue weighted by Gasteiger charge is 2.38. The lowest BCUT2D eigenvalue weighted by Gasteiger charge is -2.30. The average molecular weight is 713 g/mol. The monoisotopic (exact) mass is 712 g/mol. The van der Waals surface area contributed by atoms with Gasteiger partial charge in [-0.1, -0.05) is 44.4 Å². The van der Waals surface area contributed by atoms with Gasteiger partial charge in [0, 0.05) is 40.3 Å². The molecule has 1 fully saturated rings. The summed E-state index contributed by atoms with van der Waals surface area (Å²) in [6.45, 7) is 2.87. The van der Waals surface area contributed by atoms with Crippen LogP contribution in [0.5, 0.6) is 5.75 Å². The summed E-state index contributed by atoms with van der Waals surface area (Å²) in [4.78, 5) is 0. The molecule has 0 amide bonds. The lowest BCUT2D eigenvalue weighted by Crippen LogP contribution is -2.27. The summed E-state index contributed by atoms with van der Waals surface area (Å²) in [6.07, 6.45) is -6.01. The molecule has 0 aromatic heterocycles. The fourth-order valence-electron chi connectivity index (χ4n) is 5.49. The number of ether oxygens (including phenoxy) is 3. The van der Waals surface area contributed by atoms with Gasteiger partial charge in [-0.05, 0) is 66.1 Å². The number of unbranched alkanes of at least 4 members (excludes halogenated alkanes) is 2. The molecular formula is C37H30F10O3. The van der Waals surface area contributed by atoms with Gasteiger partial charge in [0.05, 0.1) is 18.8 Å². The predicted molar refractivity (Wildman–Crippen MR) is 165 cm³/mol. The highest BCUT2D eigenvalue weighted by atomic mass is 19.4. The van der Waals surface area contributed by atoms with Crippen molar-refractivity contribution in [2.24, 2.45) is 5.92 Å². The second kappa shape index (κ2) is 15.3. The third-order valence-electron chi connectivity index (χ3n) is 8.06. The zero-order valence-corrected chi connectivity index (χ0v) is 26.4. The maximum Gasteiger partial charge on any atom is 0.429 e. The third kappa shape index (κ3) is 8.86. The van der Waals surface area contributed by atoms with Crippen LogP contribution < -0.4 is 4.74 Å². The molecule has 0 unspecified atom stereocenters. The minimum atomic E-state index is -4.82. The Kier molecular flexibility index (Phi) is 11.3. The molecule has 50 heavy (non-hydrogen) atoms. The molecule has 0 saturated carbocycles. The second-order valence-corrected chi connectivity index (χ2v) is 11.8. The summed E-state index contributed by atoms with van der Waals surface area (Å²) >= 11 is 0. The van der Waals surface area contributed by atoms with E-state index in [0.29, 0.717) is 31.4 Å². The van der Waals surface area contributed by atoms with Crippen LogP contribution in [0.4, 0.5) is 43.9 Å². The van der Waals surface area contributed by atoms with Gasteiger partial charge >= 0.3 is 12.3 Å². The number of alkyl halides is 5. The van der Waals surface area contributed by atoms with E-state index >= 15 is 17.6 Å². The van der Waals surface area contributed by atoms with Crippen molar-refractivity contribution in [3.05, 3.63) is 119 Å². The molecule has 266 valence electrons. The lowest BCUT2D eigenvalue weighted by atomic mass is 9.98. The Morgan fingerprint density at radius 2 is 1.32 bits per heavy atom. The van der Waals surface area contributed by atoms with E-state index < -0.39 is 64.5 Å². The van der Waals surface area contributed by atoms with Crippen molar-refractivity contribution in [3.8, 4) is 28.0 Å². The molecule has 0 radical (unpaired) electrons. The summed E-state index contributed by atoms with van der Waals surface area (Å²) in [6, 6.07) is 9.83. The number of hydrogen-bond donors (Lipinski definition) is 0. The van der Waals surface area contributed by atoms with Crippen molar-refractivity contribution in [2.75, 3.05) is 13.2 Å². The van der Waals surface area contributed by atoms with E-state index in [1.165, 1.54) is 12.1 Å². The minimum absolute atomic E-state index is 0.0891. The van der Waals surface area contributed by atoms with Gasteiger partial charge in [-0.25, -0.2) is 22.0 Å². The van der Waals surface area contributed by atoms with Crippen molar-refractivity contribution in [2.45, 2.75) is 51.2 Å². The highest BCUT2D eigenvalue weighted by Crippen LogP contribution is 2.38. The van der Waals surface area contributed by atoms with E-state index in [2.05, 4.69) is 11.7 Å². The molecule has 0 atom stereocenters. The van der Waals surface area contributed by atoms with Gasteiger partial charge in [-0.2, -0.15) is 22.0 Å². The highest BCUT2D eigenvalue weighted by molar-refractivity contribution is 5.73. The Morgan fingerprint density at radius 1 is 0.700 bits per heavy atom. The Morgan fingerprint density at radius 3 is 1.92 bits per heavy atom. The molecule has 5 rings (SSSR count). The van der Waals surface area contributed by atoms with Crippen LogP contribution in [-0.2, 0) is 15.6 Å². The number of benzene rings is 4. The normalized spacial score (nSPS) is 17.0. The zero-order valence-electron chi connectivity index (χ0n) is 26.4. The van der Waals surface area contributed by atoms with Gasteiger partial charge in [0.25, 0.3) is 0 Å². The molecule has 1 aliphatic rings. The van der Waals surface area contributed by atoms with E-state index in [1.807, 2.05) is 0 Å². The average Bonchev–Trinajstić information content (AvgIpc) is 3.04. The Balaban J connectivity index is 1.27. The van der Waals surface area contributed by atoms with Gasteiger partial charge in [-0.15, -0.1) is 0 Å². The molecule has 3 nitrogen and oxygen atoms in total. The summed E-state index contributed by atoms with van der Waals surface area (Å²) in [5, 5.41) is 0. The van der Waals surface area contributed by atoms with Crippen molar-refractivity contribution >= 4 is 6.08 Å². The molecule has 0 spiro atoms. The van der Waals surface area contributed by atoms with Crippen LogP contribution >= 0.6 is 0 Å². The first kappa shape index (κ1) is 36.9. The second-order valence-electron chi connectivity index (χ2n) is 11.8. The molecule has 0 N–H and O–H groups in total. The first-order valence-corrected chi connectivity index (χ1v) is 15.6. The van der Waals surface area contributed by atoms with Crippen molar-refractivity contribution in [3.63, 3.8) is 0 Å². The Bertz CT molecular complexity index is 1820. The molecule has 1 aliphatic heterocycles. The SMILES string of the molecule is CCCCCC1COC(c2ccc(C(F)(F)Oc3ccc(-c4ccc(-c5cc(F)c(C=CC(F)(F)F)c(F)c5)c(F)c4)c(F)c3)c(F)c2)OC1. The largest absolute Gasteiger partial charge is 0.429 e. The number of allylic oxidation sites excluding steroid dienone is 1. The smallest absolute Gasteiger partial charge is 0.429 e. The fourth-order valence-corrected chi connectivity index (χ4v) is 5.49. The Hall–Kier alpha value is -4.36. The standard InChI is InChI=1S/C37H30F10O3/c1-2-3-4-5-21-19-48-35(49-20-21)23-7-11-29(34(42)15-23)37(46,47)50-25-8-10-26(33(41)18-25)22-6-9-27(30(38)14-22)24-16-31(39)28(32(40)17-24)12-13-36(43,44)45/h6-18,21,35H,2-5,19-20H2,1H3. The molecule has 0 bridgehead atoms. The van der Waals surface area contributed by atoms with Gasteiger partial charge in [-0.3, -0.25) is 0 Å². The van der Waals surface area contributed by atoms with Crippen molar-refractivity contribution in [1.82, 2.24) is 0 Å². The van der Waals surface area contributed by atoms with E-state index in [4.69, 9.17) is 9.47 Å². The van der Waals surface area contributed by atoms with Gasteiger partial charge in [0.1, 0.15) is 34.8 Å². The van der Waals surface area contributed by atoms with E-state index in [1.54, 1.807) is 0 Å². The maximum absolute atomic E-state index is 15.1. The van der Waals surface area contributed by atoms with E-state index in [0.717, 1.165) is 62.1 Å². The summed E-state index contributed by atoms with van der Waals surface area (Å²) < 4.78 is 157. The van der Waals surface area contributed by atoms with Crippen LogP contribution in [-0.4, -0.2) is 19.4 Å². The van der Waals surface area contributed by atoms with Crippen molar-refractivity contribution < 1.29 is 58.1 Å². The molecule has 13 heteroatoms. The number of rotatable bonds is 11. The van der Waals surface area contributed by atoms with Crippen LogP contribution in [0.1, 0.15) is 55.6 Å². The number of hydrogen-bond acceptors (Lipinski definition) is 3. The maximum atomic E-state index is 15.1. The first-order valence-electron chi connectivity index (χ1n) is 15.6. The van der Waals surface area contributed by atoms with Crippen molar-refractivity contribution in [1.29, 1.82) is 0 Å². The topological polar surface area (TPSA) is 27.7 Å². The first-order chi connectivity index (χ1) is 23.6. The van der Waals surface area contributed by atoms with Crippen LogP contribution in [0.2, 0.25) is 0 Å². The Labute approximate surface area is 281 Å². The van der Waals surface area contributed by atoms with Gasteiger partial charge in [0.15, 0.2) is 6.29 Å². The zero-order chi connectivity index (χ0) is 36.2. The molecule has 1 saturated heterocycles. The molecule has 4 aromatic rings. The summed E-state index contributed by atoms with van der Waals surface area (Å²) in [5.74, 6) is -6.72. The molecule has 1 heterocycles. The lowest BCUT2D eigenvalue weighted by molar-refractivity contribution is -0.206. The third-order valence-corrected chi connectivity index (χ3v) is 8.06. The molecule has 0 aliphatic carbocycles. The number of halogens is 10. The summed E-state index contributed by atoms with van der Waals surface area (Å²) in [7, 11) is 0. The predicted octanol–water partition coefficient (Wildman–Crippen LogP) is 11.7. The fraction of sp³-hybridized carbons (Fsp3) is 0.297. The quantitative estimate of drug-likeness (QED) is 0.114.